The molecule has 0 spiro atoms. The minimum atomic E-state index is -3.69. The molecule has 0 bridgehead atoms. The predicted molar refractivity (Wildman–Crippen MR) is 150 cm³/mol. The Morgan fingerprint density at radius 1 is 0.860 bits per heavy atom. The zero-order valence-corrected chi connectivity index (χ0v) is 22.7. The number of nitrogens with zero attached hydrogens (tertiary/aromatic N) is 6. The quantitative estimate of drug-likeness (QED) is 0.127. The first-order chi connectivity index (χ1) is 19.3. The van der Waals surface area contributed by atoms with E-state index in [4.69, 9.17) is 54.6 Å². The number of rotatable bonds is 12. The summed E-state index contributed by atoms with van der Waals surface area (Å²) >= 11 is 0. The number of aromatic amines is 2. The molecule has 2 N–H and O–H groups in total. The number of halogens is 4. The number of imidazole rings is 2. The molecule has 12 nitrogen and oxygen atoms in total. The third-order valence-corrected chi connectivity index (χ3v) is 4.16. The molecule has 0 atom stereocenters. The Hall–Kier alpha value is -3.01. The van der Waals surface area contributed by atoms with E-state index in [1.807, 2.05) is 9.97 Å². The number of H-pyrrole nitrogens is 2. The number of nitriles is 2. The zero-order chi connectivity index (χ0) is 31.6. The topological polar surface area (TPSA) is 151 Å². The monoisotopic (exact) mass is 584 g/mol. The van der Waals surface area contributed by atoms with Gasteiger partial charge in [0.15, 0.2) is 11.4 Å². The van der Waals surface area contributed by atoms with Gasteiger partial charge in [0.2, 0.25) is 0 Å². The molecule has 0 saturated carbocycles. The molecule has 9 radical (unpaired) electrons. The van der Waals surface area contributed by atoms with Crippen LogP contribution in [0, 0.1) is 35.8 Å². The summed E-state index contributed by atoms with van der Waals surface area (Å²) in [7, 11) is 24.3. The first kappa shape index (κ1) is 44.4. The van der Waals surface area contributed by atoms with Crippen LogP contribution in [-0.2, 0) is 31.2 Å². The van der Waals surface area contributed by atoms with Crippen LogP contribution >= 0.6 is 0 Å². The van der Waals surface area contributed by atoms with E-state index in [9.17, 15) is 17.6 Å². The van der Waals surface area contributed by atoms with Gasteiger partial charge in [-0.05, 0) is 0 Å². The Morgan fingerprint density at radius 2 is 1.21 bits per heavy atom. The van der Waals surface area contributed by atoms with Crippen LogP contribution in [0.2, 0.25) is 0 Å². The number of hydrogen-bond acceptors (Lipinski definition) is 8. The number of methoxy groups -OCH3 is 2. The van der Waals surface area contributed by atoms with E-state index < -0.39 is 30.3 Å². The number of aromatic nitrogens is 4. The van der Waals surface area contributed by atoms with Gasteiger partial charge in [0, 0.05) is 65.0 Å². The second-order valence-electron chi connectivity index (χ2n) is 7.08. The molecule has 0 aliphatic heterocycles. The molecule has 2 heterocycles. The van der Waals surface area contributed by atoms with Gasteiger partial charge >= 0.3 is 31.1 Å². The molecule has 0 aliphatic rings. The Morgan fingerprint density at radius 3 is 1.40 bits per heavy atom. The number of nitrogens with one attached hydrogen (secondary N) is 2. The molecule has 2 aromatic heterocycles. The Kier molecular flexibility index (Phi) is 23.3. The van der Waals surface area contributed by atoms with Gasteiger partial charge in [0.1, 0.15) is 12.1 Å². The zero-order valence-electron chi connectivity index (χ0n) is 22.7. The molecule has 0 fully saturated rings. The summed E-state index contributed by atoms with van der Waals surface area (Å²) in [6.45, 7) is 12.7. The van der Waals surface area contributed by atoms with Crippen LogP contribution in [0.5, 0.6) is 0 Å². The summed E-state index contributed by atoms with van der Waals surface area (Å²) in [5.41, 5.74) is -0.768. The van der Waals surface area contributed by atoms with Crippen molar-refractivity contribution in [3.63, 3.8) is 0 Å². The van der Waals surface area contributed by atoms with Crippen molar-refractivity contribution in [3.8, 4) is 12.1 Å². The molecule has 0 unspecified atom stereocenters. The summed E-state index contributed by atoms with van der Waals surface area (Å²) in [6.07, 6.45) is -8.30. The van der Waals surface area contributed by atoms with Gasteiger partial charge < -0.3 is 28.6 Å². The van der Waals surface area contributed by atoms with Gasteiger partial charge in [-0.25, -0.2) is 9.97 Å². The van der Waals surface area contributed by atoms with Crippen LogP contribution in [-0.4, -0.2) is 111 Å². The van der Waals surface area contributed by atoms with Gasteiger partial charge in [0.05, 0.1) is 26.4 Å². The number of hydrogen-bond donors (Lipinski definition) is 2. The van der Waals surface area contributed by atoms with Crippen molar-refractivity contribution in [1.82, 2.24) is 19.9 Å². The molecule has 0 aliphatic carbocycles. The molecule has 24 heteroatoms. The fourth-order valence-corrected chi connectivity index (χ4v) is 2.09. The average molecular weight is 583 g/mol. The summed E-state index contributed by atoms with van der Waals surface area (Å²) < 4.78 is 71.1. The van der Waals surface area contributed by atoms with Crippen molar-refractivity contribution < 1.29 is 55.4 Å². The molecule has 2 aromatic rings. The first-order valence-corrected chi connectivity index (χ1v) is 10.9. The minimum Gasteiger partial charge on any atom is -0.382 e. The maximum Gasteiger partial charge on any atom is 1.00 e. The summed E-state index contributed by atoms with van der Waals surface area (Å²) in [6, 6.07) is 3.07. The summed E-state index contributed by atoms with van der Waals surface area (Å²) in [4.78, 5) is 16.4. The molecule has 0 saturated heterocycles. The van der Waals surface area contributed by atoms with E-state index in [-0.39, 0.29) is 82.1 Å². The van der Waals surface area contributed by atoms with Crippen LogP contribution < -0.4 is 18.9 Å². The van der Waals surface area contributed by atoms with Crippen molar-refractivity contribution in [2.24, 2.45) is 0 Å². The van der Waals surface area contributed by atoms with Crippen molar-refractivity contribution in [2.75, 3.05) is 40.6 Å². The van der Waals surface area contributed by atoms with E-state index in [1.54, 1.807) is 0 Å². The van der Waals surface area contributed by atoms with Gasteiger partial charge in [-0.1, -0.05) is 20.6 Å². The van der Waals surface area contributed by atoms with E-state index in [0.717, 1.165) is 0 Å². The van der Waals surface area contributed by atoms with Crippen molar-refractivity contribution >= 4 is 62.4 Å². The van der Waals surface area contributed by atoms with E-state index in [0.29, 0.717) is 0 Å². The predicted octanol–water partition coefficient (Wildman–Crippen LogP) is -1.94. The smallest absolute Gasteiger partial charge is 0.382 e. The second kappa shape index (κ2) is 22.5. The molecule has 43 heavy (non-hydrogen) atoms. The van der Waals surface area contributed by atoms with Crippen molar-refractivity contribution in [1.29, 1.82) is 10.5 Å². The molecule has 0 aromatic carbocycles. The second-order valence-corrected chi connectivity index (χ2v) is 7.08. The Labute approximate surface area is 266 Å². The third kappa shape index (κ3) is 15.3. The van der Waals surface area contributed by atoms with Crippen LogP contribution in [0.25, 0.3) is 9.69 Å². The summed E-state index contributed by atoms with van der Waals surface area (Å²) in [5.74, 6) is -2.40. The van der Waals surface area contributed by atoms with Gasteiger partial charge in [-0.15, -0.1) is 0 Å². The first-order valence-electron chi connectivity index (χ1n) is 10.9. The van der Waals surface area contributed by atoms with E-state index in [1.165, 1.54) is 33.4 Å². The molecule has 2 rings (SSSR count). The number of ether oxygens (including phenoxy) is 4. The van der Waals surface area contributed by atoms with Gasteiger partial charge in [-0.3, -0.25) is 9.97 Å². The fraction of sp³-hybridized carbons (Fsp3) is 0.474. The normalized spacial score (nSPS) is 9.81. The maximum atomic E-state index is 13.4. The van der Waals surface area contributed by atoms with Crippen LogP contribution in [0.4, 0.5) is 29.2 Å². The van der Waals surface area contributed by atoms with E-state index in [2.05, 4.69) is 38.6 Å². The largest absolute Gasteiger partial charge is 1.00 e. The van der Waals surface area contributed by atoms with Crippen LogP contribution in [0.1, 0.15) is 30.5 Å². The fourth-order valence-electron chi connectivity index (χ4n) is 2.09. The van der Waals surface area contributed by atoms with Gasteiger partial charge in [0.25, 0.3) is 23.3 Å². The van der Waals surface area contributed by atoms with Crippen molar-refractivity contribution in [2.45, 2.75) is 19.6 Å². The molecular weight excluding hydrogens is 563 g/mol. The molecule has 0 amide bonds. The summed E-state index contributed by atoms with van der Waals surface area (Å²) in [5, 5.41) is 17.1. The average Bonchev–Trinajstić information content (AvgIpc) is 3.58. The maximum absolute atomic E-state index is 13.4. The van der Waals surface area contributed by atoms with Gasteiger partial charge in [-0.2, -0.15) is 28.1 Å². The van der Waals surface area contributed by atoms with Crippen molar-refractivity contribution in [3.05, 3.63) is 45.9 Å². The Balaban J connectivity index is -0.000000590. The van der Waals surface area contributed by atoms with Crippen LogP contribution in [0.3, 0.4) is 0 Å². The minimum absolute atomic E-state index is 0. The van der Waals surface area contributed by atoms with Crippen LogP contribution in [0.15, 0.2) is 0 Å². The number of alkyl halides is 4. The third-order valence-electron chi connectivity index (χ3n) is 4.16. The SMILES string of the molecule is C.[B][B]B([B])B([B])[B].[C-]#[N+]c1[nH]c(C(F)(F)OCCOC)nc1C#N.[C-]#[N+]c1[nH]c(C(F)(F)OCCOC)nc1C#N.[Li+]. The van der Waals surface area contributed by atoms with E-state index >= 15 is 0 Å². The molecule has 209 valence electrons. The Bertz CT molecular complexity index is 1110. The standard InChI is InChI=1S/2C9H8F2N4O2.CH4.B7.Li/c2*1-13-7-6(5-12)14-8(15-7)9(10,11)17-4-3-16-2;;1-5-7(4)6(2)3;/h2*3-4H2,2H3,(H,14,15);1H4;;/q;;;;+1. The molecular formula is C19H20B7F4LiN8O4+.